The summed E-state index contributed by atoms with van der Waals surface area (Å²) in [6.07, 6.45) is 5.85. The Morgan fingerprint density at radius 1 is 1.19 bits per heavy atom. The normalized spacial score (nSPS) is 33.6. The van der Waals surface area contributed by atoms with Crippen molar-refractivity contribution in [3.8, 4) is 0 Å². The Morgan fingerprint density at radius 3 is 2.67 bits per heavy atom. The van der Waals surface area contributed by atoms with E-state index in [0.717, 1.165) is 51.6 Å². The summed E-state index contributed by atoms with van der Waals surface area (Å²) in [7, 11) is 1.72. The number of amides is 2. The van der Waals surface area contributed by atoms with Gasteiger partial charge in [0.25, 0.3) is 0 Å². The first-order valence-electron chi connectivity index (χ1n) is 8.24. The van der Waals surface area contributed by atoms with Crippen LogP contribution in [0.15, 0.2) is 0 Å². The van der Waals surface area contributed by atoms with Gasteiger partial charge in [-0.15, -0.1) is 0 Å². The Balaban J connectivity index is 1.66. The zero-order valence-electron chi connectivity index (χ0n) is 12.9. The Labute approximate surface area is 126 Å². The van der Waals surface area contributed by atoms with Crippen molar-refractivity contribution in [1.82, 2.24) is 10.2 Å². The topological polar surface area (TPSA) is 58.6 Å². The molecule has 2 atom stereocenters. The lowest BCUT2D eigenvalue weighted by molar-refractivity contribution is -0.138. The van der Waals surface area contributed by atoms with E-state index >= 15 is 0 Å². The quantitative estimate of drug-likeness (QED) is 0.832. The molecule has 118 valence electrons. The molecule has 2 aliphatic heterocycles. The van der Waals surface area contributed by atoms with Crippen LogP contribution in [0.4, 0.5) is 0 Å². The van der Waals surface area contributed by atoms with Crippen molar-refractivity contribution < 1.29 is 14.3 Å². The third kappa shape index (κ3) is 2.68. The molecule has 5 heteroatoms. The van der Waals surface area contributed by atoms with Crippen LogP contribution in [0.2, 0.25) is 0 Å². The molecule has 3 rings (SSSR count). The van der Waals surface area contributed by atoms with E-state index in [9.17, 15) is 9.59 Å². The standard InChI is InChI=1S/C16H26N2O3/c1-17-14(19)13-3-2-6-16(13)7-8-18(11-16)15(20)12-4-9-21-10-5-12/h12-13H,2-11H2,1H3,(H,17,19)/t13-,16-/m0/s1. The Bertz CT molecular complexity index is 420. The number of nitrogens with one attached hydrogen (secondary N) is 1. The first-order chi connectivity index (χ1) is 10.2. The molecule has 0 aromatic rings. The summed E-state index contributed by atoms with van der Waals surface area (Å²) < 4.78 is 5.35. The van der Waals surface area contributed by atoms with Crippen LogP contribution < -0.4 is 5.32 Å². The summed E-state index contributed by atoms with van der Waals surface area (Å²) in [5.41, 5.74) is 0.0426. The van der Waals surface area contributed by atoms with Crippen molar-refractivity contribution in [3.05, 3.63) is 0 Å². The number of nitrogens with zero attached hydrogens (tertiary/aromatic N) is 1. The molecule has 0 aromatic heterocycles. The minimum Gasteiger partial charge on any atom is -0.381 e. The molecule has 2 saturated heterocycles. The van der Waals surface area contributed by atoms with Crippen LogP contribution in [-0.2, 0) is 14.3 Å². The van der Waals surface area contributed by atoms with Gasteiger partial charge in [0.1, 0.15) is 0 Å². The van der Waals surface area contributed by atoms with Crippen molar-refractivity contribution in [2.45, 2.75) is 38.5 Å². The van der Waals surface area contributed by atoms with Crippen LogP contribution in [-0.4, -0.2) is 50.1 Å². The van der Waals surface area contributed by atoms with Gasteiger partial charge in [0.2, 0.25) is 11.8 Å². The van der Waals surface area contributed by atoms with Crippen LogP contribution in [0.1, 0.15) is 38.5 Å². The number of rotatable bonds is 2. The van der Waals surface area contributed by atoms with E-state index in [1.165, 1.54) is 0 Å². The fourth-order valence-electron chi connectivity index (χ4n) is 4.50. The number of hydrogen-bond acceptors (Lipinski definition) is 3. The minimum absolute atomic E-state index is 0.0426. The summed E-state index contributed by atoms with van der Waals surface area (Å²) in [5, 5.41) is 2.81. The van der Waals surface area contributed by atoms with Crippen LogP contribution in [0.5, 0.6) is 0 Å². The van der Waals surface area contributed by atoms with E-state index in [-0.39, 0.29) is 29.1 Å². The zero-order chi connectivity index (χ0) is 14.9. The first-order valence-corrected chi connectivity index (χ1v) is 8.24. The number of carbonyl (C=O) groups is 2. The molecule has 1 spiro atoms. The lowest BCUT2D eigenvalue weighted by atomic mass is 9.76. The largest absolute Gasteiger partial charge is 0.381 e. The molecule has 5 nitrogen and oxygen atoms in total. The maximum absolute atomic E-state index is 12.7. The summed E-state index contributed by atoms with van der Waals surface area (Å²) in [4.78, 5) is 26.8. The van der Waals surface area contributed by atoms with Gasteiger partial charge in [0, 0.05) is 50.6 Å². The molecular weight excluding hydrogens is 268 g/mol. The van der Waals surface area contributed by atoms with Gasteiger partial charge in [-0.1, -0.05) is 6.42 Å². The third-order valence-electron chi connectivity index (χ3n) is 5.74. The van der Waals surface area contributed by atoms with E-state index < -0.39 is 0 Å². The highest BCUT2D eigenvalue weighted by Crippen LogP contribution is 2.50. The van der Waals surface area contributed by atoms with E-state index in [2.05, 4.69) is 5.32 Å². The molecule has 0 unspecified atom stereocenters. The van der Waals surface area contributed by atoms with Gasteiger partial charge in [-0.2, -0.15) is 0 Å². The van der Waals surface area contributed by atoms with Crippen LogP contribution >= 0.6 is 0 Å². The fourth-order valence-corrected chi connectivity index (χ4v) is 4.50. The average Bonchev–Trinajstić information content (AvgIpc) is 3.14. The predicted octanol–water partition coefficient (Wildman–Crippen LogP) is 1.18. The number of hydrogen-bond donors (Lipinski definition) is 1. The average molecular weight is 294 g/mol. The molecular formula is C16H26N2O3. The van der Waals surface area contributed by atoms with E-state index in [0.29, 0.717) is 13.2 Å². The maximum Gasteiger partial charge on any atom is 0.225 e. The fraction of sp³-hybridized carbons (Fsp3) is 0.875. The van der Waals surface area contributed by atoms with Crippen molar-refractivity contribution >= 4 is 11.8 Å². The van der Waals surface area contributed by atoms with Crippen molar-refractivity contribution in [3.63, 3.8) is 0 Å². The molecule has 0 aromatic carbocycles. The van der Waals surface area contributed by atoms with E-state index in [1.807, 2.05) is 4.90 Å². The van der Waals surface area contributed by atoms with Crippen molar-refractivity contribution in [1.29, 1.82) is 0 Å². The highest BCUT2D eigenvalue weighted by Gasteiger charge is 2.51. The van der Waals surface area contributed by atoms with Gasteiger partial charge in [0.15, 0.2) is 0 Å². The molecule has 0 bridgehead atoms. The number of ether oxygens (including phenoxy) is 1. The van der Waals surface area contributed by atoms with Crippen LogP contribution in [0.25, 0.3) is 0 Å². The van der Waals surface area contributed by atoms with Gasteiger partial charge in [-0.05, 0) is 32.1 Å². The summed E-state index contributed by atoms with van der Waals surface area (Å²) >= 11 is 0. The summed E-state index contributed by atoms with van der Waals surface area (Å²) in [6.45, 7) is 3.01. The monoisotopic (exact) mass is 294 g/mol. The minimum atomic E-state index is 0.0426. The highest BCUT2D eigenvalue weighted by molar-refractivity contribution is 5.81. The Hall–Kier alpha value is -1.10. The molecule has 1 aliphatic carbocycles. The Morgan fingerprint density at radius 2 is 1.95 bits per heavy atom. The molecule has 2 amide bonds. The molecule has 0 radical (unpaired) electrons. The summed E-state index contributed by atoms with van der Waals surface area (Å²) in [5.74, 6) is 0.675. The van der Waals surface area contributed by atoms with Gasteiger partial charge >= 0.3 is 0 Å². The SMILES string of the molecule is CNC(=O)[C@@H]1CCC[C@@]12CCN(C(=O)C1CCOCC1)C2. The second kappa shape index (κ2) is 5.95. The van der Waals surface area contributed by atoms with E-state index in [1.54, 1.807) is 7.05 Å². The van der Waals surface area contributed by atoms with Gasteiger partial charge in [0.05, 0.1) is 0 Å². The third-order valence-corrected chi connectivity index (χ3v) is 5.74. The smallest absolute Gasteiger partial charge is 0.225 e. The molecule has 3 aliphatic rings. The molecule has 2 heterocycles. The van der Waals surface area contributed by atoms with Crippen LogP contribution in [0, 0.1) is 17.3 Å². The van der Waals surface area contributed by atoms with Crippen molar-refractivity contribution in [2.24, 2.45) is 17.3 Å². The molecule has 21 heavy (non-hydrogen) atoms. The number of likely N-dealkylation sites (tertiary alicyclic amines) is 1. The van der Waals surface area contributed by atoms with Crippen molar-refractivity contribution in [2.75, 3.05) is 33.4 Å². The Kier molecular flexibility index (Phi) is 4.20. The predicted molar refractivity (Wildman–Crippen MR) is 78.6 cm³/mol. The molecule has 1 N–H and O–H groups in total. The van der Waals surface area contributed by atoms with Gasteiger partial charge in [-0.3, -0.25) is 9.59 Å². The highest BCUT2D eigenvalue weighted by atomic mass is 16.5. The maximum atomic E-state index is 12.7. The first kappa shape index (κ1) is 14.8. The summed E-state index contributed by atoms with van der Waals surface area (Å²) in [6, 6.07) is 0. The van der Waals surface area contributed by atoms with Gasteiger partial charge in [-0.25, -0.2) is 0 Å². The van der Waals surface area contributed by atoms with Crippen LogP contribution in [0.3, 0.4) is 0 Å². The zero-order valence-corrected chi connectivity index (χ0v) is 12.9. The molecule has 1 saturated carbocycles. The lowest BCUT2D eigenvalue weighted by Crippen LogP contribution is -2.42. The molecule has 3 fully saturated rings. The second-order valence-corrected chi connectivity index (χ2v) is 6.82. The van der Waals surface area contributed by atoms with Gasteiger partial charge < -0.3 is 15.0 Å². The number of carbonyl (C=O) groups excluding carboxylic acids is 2. The lowest BCUT2D eigenvalue weighted by Gasteiger charge is -2.31. The van der Waals surface area contributed by atoms with E-state index in [4.69, 9.17) is 4.74 Å². The second-order valence-electron chi connectivity index (χ2n) is 6.82.